The van der Waals surface area contributed by atoms with E-state index in [-0.39, 0.29) is 6.61 Å². The van der Waals surface area contributed by atoms with Crippen LogP contribution in [0.25, 0.3) is 0 Å². The maximum absolute atomic E-state index is 8.98. The summed E-state index contributed by atoms with van der Waals surface area (Å²) in [6, 6.07) is 0. The number of fused-ring (bicyclic) bond motifs is 1. The summed E-state index contributed by atoms with van der Waals surface area (Å²) in [6.45, 7) is 2.26. The van der Waals surface area contributed by atoms with Crippen LogP contribution in [-0.2, 0) is 12.8 Å². The Labute approximate surface area is 71.5 Å². The number of hydrogen-bond donors (Lipinski definition) is 1. The van der Waals surface area contributed by atoms with Gasteiger partial charge in [0.15, 0.2) is 0 Å². The molecule has 1 unspecified atom stereocenters. The molecular weight excluding hydrogens is 152 g/mol. The van der Waals surface area contributed by atoms with Gasteiger partial charge in [-0.05, 0) is 31.2 Å². The number of aliphatic hydroxyl groups excluding tert-OH is 1. The average molecular weight is 164 g/mol. The summed E-state index contributed by atoms with van der Waals surface area (Å²) in [6.07, 6.45) is 3.46. The first-order valence-corrected chi connectivity index (χ1v) is 4.21. The van der Waals surface area contributed by atoms with Crippen LogP contribution in [0.4, 0.5) is 0 Å². The zero-order chi connectivity index (χ0) is 8.55. The lowest BCUT2D eigenvalue weighted by Crippen LogP contribution is -2.04. The van der Waals surface area contributed by atoms with Crippen LogP contribution in [0, 0.1) is 12.8 Å². The average Bonchev–Trinajstić information content (AvgIpc) is 2.49. The quantitative estimate of drug-likeness (QED) is 0.657. The molecule has 1 aliphatic carbocycles. The summed E-state index contributed by atoms with van der Waals surface area (Å²) in [5.74, 6) is 0.371. The Morgan fingerprint density at radius 2 is 2.33 bits per heavy atom. The van der Waals surface area contributed by atoms with Crippen molar-refractivity contribution in [3.8, 4) is 0 Å². The van der Waals surface area contributed by atoms with Crippen LogP contribution < -0.4 is 0 Å². The highest BCUT2D eigenvalue weighted by Gasteiger charge is 2.23. The van der Waals surface area contributed by atoms with Crippen LogP contribution in [0.5, 0.6) is 0 Å². The summed E-state index contributed by atoms with van der Waals surface area (Å²) in [5.41, 5.74) is 3.44. The number of aliphatic hydroxyl groups is 1. The molecule has 0 amide bonds. The zero-order valence-electron chi connectivity index (χ0n) is 7.12. The zero-order valence-corrected chi connectivity index (χ0v) is 7.12. The van der Waals surface area contributed by atoms with Crippen molar-refractivity contribution in [2.75, 3.05) is 6.61 Å². The van der Waals surface area contributed by atoms with Crippen molar-refractivity contribution in [2.24, 2.45) is 5.92 Å². The van der Waals surface area contributed by atoms with Crippen molar-refractivity contribution in [3.63, 3.8) is 0 Å². The molecule has 1 aromatic rings. The van der Waals surface area contributed by atoms with E-state index in [2.05, 4.69) is 9.97 Å². The minimum absolute atomic E-state index is 0.260. The predicted octanol–water partition coefficient (Wildman–Crippen LogP) is 0.492. The van der Waals surface area contributed by atoms with Gasteiger partial charge in [-0.1, -0.05) is 0 Å². The van der Waals surface area contributed by atoms with Gasteiger partial charge in [0, 0.05) is 18.0 Å². The molecule has 3 nitrogen and oxygen atoms in total. The van der Waals surface area contributed by atoms with Crippen LogP contribution in [0.3, 0.4) is 0 Å². The van der Waals surface area contributed by atoms with E-state index >= 15 is 0 Å². The van der Waals surface area contributed by atoms with E-state index in [1.54, 1.807) is 6.33 Å². The summed E-state index contributed by atoms with van der Waals surface area (Å²) in [5, 5.41) is 8.98. The largest absolute Gasteiger partial charge is 0.396 e. The Bertz CT molecular complexity index is 299. The van der Waals surface area contributed by atoms with Crippen LogP contribution in [0.1, 0.15) is 17.0 Å². The van der Waals surface area contributed by atoms with Gasteiger partial charge in [0.1, 0.15) is 6.33 Å². The van der Waals surface area contributed by atoms with Crippen LogP contribution >= 0.6 is 0 Å². The number of nitrogens with zero attached hydrogens (tertiary/aromatic N) is 2. The van der Waals surface area contributed by atoms with Gasteiger partial charge in [-0.15, -0.1) is 0 Å². The third-order valence-corrected chi connectivity index (χ3v) is 2.48. The lowest BCUT2D eigenvalue weighted by molar-refractivity contribution is 0.232. The molecule has 0 bridgehead atoms. The van der Waals surface area contributed by atoms with Crippen molar-refractivity contribution >= 4 is 0 Å². The number of hydrogen-bond acceptors (Lipinski definition) is 3. The van der Waals surface area contributed by atoms with Gasteiger partial charge >= 0.3 is 0 Å². The topological polar surface area (TPSA) is 46.0 Å². The van der Waals surface area contributed by atoms with E-state index in [1.165, 1.54) is 5.56 Å². The molecule has 0 saturated heterocycles. The SMILES string of the molecule is Cc1ncnc2c1CC(CO)C2. The normalized spacial score (nSPS) is 21.0. The first-order valence-electron chi connectivity index (χ1n) is 4.21. The maximum atomic E-state index is 8.98. The molecule has 0 spiro atoms. The number of rotatable bonds is 1. The van der Waals surface area contributed by atoms with Gasteiger partial charge in [-0.2, -0.15) is 0 Å². The highest BCUT2D eigenvalue weighted by Crippen LogP contribution is 2.25. The van der Waals surface area contributed by atoms with Crippen LogP contribution in [-0.4, -0.2) is 21.7 Å². The van der Waals surface area contributed by atoms with E-state index in [0.717, 1.165) is 24.2 Å². The van der Waals surface area contributed by atoms with Crippen molar-refractivity contribution in [1.82, 2.24) is 9.97 Å². The standard InChI is InChI=1S/C9H12N2O/c1-6-8-2-7(4-12)3-9(8)11-5-10-6/h5,7,12H,2-4H2,1H3. The van der Waals surface area contributed by atoms with Crippen molar-refractivity contribution in [2.45, 2.75) is 19.8 Å². The lowest BCUT2D eigenvalue weighted by Gasteiger charge is -2.00. The molecule has 0 aliphatic heterocycles. The molecule has 0 saturated carbocycles. The van der Waals surface area contributed by atoms with E-state index < -0.39 is 0 Å². The summed E-state index contributed by atoms with van der Waals surface area (Å²) >= 11 is 0. The predicted molar refractivity (Wildman–Crippen MR) is 44.8 cm³/mol. The molecule has 0 aromatic carbocycles. The first kappa shape index (κ1) is 7.68. The van der Waals surface area contributed by atoms with E-state index in [1.807, 2.05) is 6.92 Å². The van der Waals surface area contributed by atoms with Crippen LogP contribution in [0.15, 0.2) is 6.33 Å². The van der Waals surface area contributed by atoms with E-state index in [4.69, 9.17) is 5.11 Å². The third kappa shape index (κ3) is 1.10. The molecule has 1 N–H and O–H groups in total. The summed E-state index contributed by atoms with van der Waals surface area (Å²) in [4.78, 5) is 8.32. The molecular formula is C9H12N2O. The first-order chi connectivity index (χ1) is 5.81. The molecule has 1 aromatic heterocycles. The minimum atomic E-state index is 0.260. The lowest BCUT2D eigenvalue weighted by atomic mass is 10.1. The Morgan fingerprint density at radius 3 is 3.00 bits per heavy atom. The van der Waals surface area contributed by atoms with Crippen molar-refractivity contribution < 1.29 is 5.11 Å². The van der Waals surface area contributed by atoms with Gasteiger partial charge in [0.05, 0.1) is 0 Å². The maximum Gasteiger partial charge on any atom is 0.115 e. The van der Waals surface area contributed by atoms with Crippen LogP contribution in [0.2, 0.25) is 0 Å². The molecule has 0 radical (unpaired) electrons. The Hall–Kier alpha value is -0.960. The molecule has 1 atom stereocenters. The highest BCUT2D eigenvalue weighted by molar-refractivity contribution is 5.29. The second-order valence-corrected chi connectivity index (χ2v) is 3.34. The minimum Gasteiger partial charge on any atom is -0.396 e. The second kappa shape index (κ2) is 2.83. The summed E-state index contributed by atoms with van der Waals surface area (Å²) in [7, 11) is 0. The summed E-state index contributed by atoms with van der Waals surface area (Å²) < 4.78 is 0. The number of aromatic nitrogens is 2. The van der Waals surface area contributed by atoms with Gasteiger partial charge in [-0.25, -0.2) is 9.97 Å². The van der Waals surface area contributed by atoms with Gasteiger partial charge in [-0.3, -0.25) is 0 Å². The van der Waals surface area contributed by atoms with Crippen molar-refractivity contribution in [3.05, 3.63) is 23.3 Å². The molecule has 0 fully saturated rings. The fraction of sp³-hybridized carbons (Fsp3) is 0.556. The molecule has 3 heteroatoms. The fourth-order valence-electron chi connectivity index (χ4n) is 1.75. The Balaban J connectivity index is 2.35. The van der Waals surface area contributed by atoms with Gasteiger partial charge in [0.2, 0.25) is 0 Å². The molecule has 2 rings (SSSR count). The molecule has 64 valence electrons. The van der Waals surface area contributed by atoms with E-state index in [0.29, 0.717) is 5.92 Å². The Kier molecular flexibility index (Phi) is 1.81. The monoisotopic (exact) mass is 164 g/mol. The molecule has 1 aliphatic rings. The smallest absolute Gasteiger partial charge is 0.115 e. The highest BCUT2D eigenvalue weighted by atomic mass is 16.3. The number of aryl methyl sites for hydroxylation is 1. The second-order valence-electron chi connectivity index (χ2n) is 3.34. The third-order valence-electron chi connectivity index (χ3n) is 2.48. The van der Waals surface area contributed by atoms with E-state index in [9.17, 15) is 0 Å². The molecule has 1 heterocycles. The van der Waals surface area contributed by atoms with Crippen molar-refractivity contribution in [1.29, 1.82) is 0 Å². The fourth-order valence-corrected chi connectivity index (χ4v) is 1.75. The Morgan fingerprint density at radius 1 is 1.50 bits per heavy atom. The van der Waals surface area contributed by atoms with Gasteiger partial charge in [0.25, 0.3) is 0 Å². The molecule has 12 heavy (non-hydrogen) atoms. The van der Waals surface area contributed by atoms with Gasteiger partial charge < -0.3 is 5.11 Å².